The van der Waals surface area contributed by atoms with Crippen molar-refractivity contribution < 1.29 is 14.7 Å². The molecule has 0 spiro atoms. The molecule has 0 radical (unpaired) electrons. The number of ketones is 1. The number of carbonyl (C=O) groups excluding carboxylic acids is 2. The van der Waals surface area contributed by atoms with Crippen molar-refractivity contribution in [1.29, 1.82) is 5.26 Å². The number of rotatable bonds is 8. The molecule has 0 aliphatic rings. The summed E-state index contributed by atoms with van der Waals surface area (Å²) < 4.78 is 1.59. The van der Waals surface area contributed by atoms with Crippen molar-refractivity contribution in [3.05, 3.63) is 95.3 Å². The number of imidazole rings is 1. The smallest absolute Gasteiger partial charge is 0.284 e. The molecule has 8 nitrogen and oxygen atoms in total. The highest BCUT2D eigenvalue weighted by molar-refractivity contribution is 5.99. The molecule has 33 heavy (non-hydrogen) atoms. The summed E-state index contributed by atoms with van der Waals surface area (Å²) in [6, 6.07) is 22.9. The van der Waals surface area contributed by atoms with E-state index in [1.54, 1.807) is 59.2 Å². The van der Waals surface area contributed by atoms with Gasteiger partial charge < -0.3 is 20.7 Å². The van der Waals surface area contributed by atoms with E-state index in [2.05, 4.69) is 10.3 Å². The van der Waals surface area contributed by atoms with Crippen LogP contribution in [-0.2, 0) is 6.54 Å². The Morgan fingerprint density at radius 3 is 2.61 bits per heavy atom. The number of nitrogens with zero attached hydrogens (tertiary/aromatic N) is 3. The number of aliphatic hydroxyl groups is 1. The summed E-state index contributed by atoms with van der Waals surface area (Å²) in [6.07, 6.45) is -0.846. The molecule has 4 aromatic rings. The number of aromatic nitrogens is 2. The van der Waals surface area contributed by atoms with Crippen LogP contribution in [0.4, 0.5) is 5.69 Å². The first-order chi connectivity index (χ1) is 16.0. The largest absolute Gasteiger partial charge is 0.387 e. The first kappa shape index (κ1) is 21.7. The van der Waals surface area contributed by atoms with Gasteiger partial charge in [-0.25, -0.2) is 4.98 Å². The first-order valence-corrected chi connectivity index (χ1v) is 10.3. The maximum atomic E-state index is 12.5. The summed E-state index contributed by atoms with van der Waals surface area (Å²) in [5.74, 6) is -0.823. The summed E-state index contributed by atoms with van der Waals surface area (Å²) in [5, 5.41) is 22.7. The highest BCUT2D eigenvalue weighted by Crippen LogP contribution is 2.24. The van der Waals surface area contributed by atoms with Crippen LogP contribution in [-0.4, -0.2) is 32.9 Å². The van der Waals surface area contributed by atoms with Gasteiger partial charge in [0.2, 0.25) is 0 Å². The highest BCUT2D eigenvalue weighted by Gasteiger charge is 2.19. The molecule has 4 rings (SSSR count). The molecule has 4 N–H and O–H groups in total. The quantitative estimate of drug-likeness (QED) is 0.361. The lowest BCUT2D eigenvalue weighted by atomic mass is 10.1. The van der Waals surface area contributed by atoms with Gasteiger partial charge >= 0.3 is 0 Å². The van der Waals surface area contributed by atoms with E-state index in [9.17, 15) is 14.7 Å². The molecule has 0 fully saturated rings. The normalized spacial score (nSPS) is 11.6. The molecule has 1 heterocycles. The van der Waals surface area contributed by atoms with E-state index < -0.39 is 12.0 Å². The standard InChI is InChI=1S/C25H21N5O3/c26-13-16-5-4-8-18(11-16)22(31)14-28-19-9-10-21-20(12-19)29-25(24(27)33)30(21)15-23(32)17-6-2-1-3-7-17/h1-12,23,28,32H,14-15H2,(H2,27,33)/t23-/m0/s1. The molecule has 0 saturated heterocycles. The van der Waals surface area contributed by atoms with E-state index in [1.165, 1.54) is 0 Å². The Kier molecular flexibility index (Phi) is 6.15. The molecular weight excluding hydrogens is 418 g/mol. The molecule has 0 saturated carbocycles. The van der Waals surface area contributed by atoms with Gasteiger partial charge in [-0.15, -0.1) is 0 Å². The maximum absolute atomic E-state index is 12.5. The molecule has 0 unspecified atom stereocenters. The number of benzene rings is 3. The predicted molar refractivity (Wildman–Crippen MR) is 124 cm³/mol. The summed E-state index contributed by atoms with van der Waals surface area (Å²) in [4.78, 5) is 28.8. The molecule has 8 heteroatoms. The fraction of sp³-hybridized carbons (Fsp3) is 0.120. The van der Waals surface area contributed by atoms with E-state index in [0.29, 0.717) is 33.4 Å². The van der Waals surface area contributed by atoms with Crippen LogP contribution >= 0.6 is 0 Å². The summed E-state index contributed by atoms with van der Waals surface area (Å²) >= 11 is 0. The topological polar surface area (TPSA) is 134 Å². The lowest BCUT2D eigenvalue weighted by Gasteiger charge is -2.14. The van der Waals surface area contributed by atoms with Crippen LogP contribution in [0, 0.1) is 11.3 Å². The zero-order valence-corrected chi connectivity index (χ0v) is 17.6. The fourth-order valence-electron chi connectivity index (χ4n) is 3.61. The third-order valence-electron chi connectivity index (χ3n) is 5.28. The van der Waals surface area contributed by atoms with E-state index in [1.807, 2.05) is 24.3 Å². The van der Waals surface area contributed by atoms with E-state index in [0.717, 1.165) is 0 Å². The third kappa shape index (κ3) is 4.74. The van der Waals surface area contributed by atoms with Gasteiger partial charge in [-0.05, 0) is 35.9 Å². The number of amides is 1. The Morgan fingerprint density at radius 1 is 1.09 bits per heavy atom. The second-order valence-electron chi connectivity index (χ2n) is 7.51. The van der Waals surface area contributed by atoms with Crippen LogP contribution in [0.2, 0.25) is 0 Å². The Bertz CT molecular complexity index is 1370. The minimum atomic E-state index is -0.846. The zero-order valence-electron chi connectivity index (χ0n) is 17.6. The minimum absolute atomic E-state index is 0.0243. The van der Waals surface area contributed by atoms with Gasteiger partial charge in [0.1, 0.15) is 0 Å². The van der Waals surface area contributed by atoms with Crippen molar-refractivity contribution in [1.82, 2.24) is 9.55 Å². The number of nitrogens with one attached hydrogen (secondary N) is 1. The van der Waals surface area contributed by atoms with Crippen LogP contribution in [0.1, 0.15) is 38.2 Å². The molecule has 1 atom stereocenters. The van der Waals surface area contributed by atoms with Gasteiger partial charge in [-0.2, -0.15) is 5.26 Å². The van der Waals surface area contributed by atoms with Crippen LogP contribution in [0.3, 0.4) is 0 Å². The number of fused-ring (bicyclic) bond motifs is 1. The van der Waals surface area contributed by atoms with Crippen LogP contribution in [0.15, 0.2) is 72.8 Å². The van der Waals surface area contributed by atoms with Gasteiger partial charge in [-0.3, -0.25) is 9.59 Å². The van der Waals surface area contributed by atoms with Crippen LogP contribution in [0.25, 0.3) is 11.0 Å². The molecule has 0 bridgehead atoms. The zero-order chi connectivity index (χ0) is 23.4. The van der Waals surface area contributed by atoms with Crippen molar-refractivity contribution in [2.24, 2.45) is 5.73 Å². The van der Waals surface area contributed by atoms with Gasteiger partial charge in [0.25, 0.3) is 5.91 Å². The first-order valence-electron chi connectivity index (χ1n) is 10.3. The van der Waals surface area contributed by atoms with Crippen molar-refractivity contribution >= 4 is 28.4 Å². The average Bonchev–Trinajstić information content (AvgIpc) is 3.21. The Labute approximate surface area is 189 Å². The van der Waals surface area contributed by atoms with Gasteiger partial charge in [0.05, 0.1) is 41.9 Å². The number of aliphatic hydroxyl groups excluding tert-OH is 1. The molecular formula is C25H21N5O3. The number of nitrogens with two attached hydrogens (primary N) is 1. The van der Waals surface area contributed by atoms with Crippen molar-refractivity contribution in [3.8, 4) is 6.07 Å². The van der Waals surface area contributed by atoms with Gasteiger partial charge in [0.15, 0.2) is 11.6 Å². The van der Waals surface area contributed by atoms with Crippen molar-refractivity contribution in [2.75, 3.05) is 11.9 Å². The number of anilines is 1. The van der Waals surface area contributed by atoms with E-state index >= 15 is 0 Å². The third-order valence-corrected chi connectivity index (χ3v) is 5.28. The Morgan fingerprint density at radius 2 is 1.88 bits per heavy atom. The molecule has 1 aromatic heterocycles. The Hall–Kier alpha value is -4.48. The average molecular weight is 439 g/mol. The van der Waals surface area contributed by atoms with E-state index in [-0.39, 0.29) is 24.7 Å². The fourth-order valence-corrected chi connectivity index (χ4v) is 3.61. The van der Waals surface area contributed by atoms with Gasteiger partial charge in [-0.1, -0.05) is 42.5 Å². The number of Topliss-reactive ketones (excluding diaryl/α,β-unsaturated/α-hetero) is 1. The summed E-state index contributed by atoms with van der Waals surface area (Å²) in [7, 11) is 0. The second kappa shape index (κ2) is 9.34. The summed E-state index contributed by atoms with van der Waals surface area (Å²) in [6.45, 7) is 0.135. The minimum Gasteiger partial charge on any atom is -0.387 e. The Balaban J connectivity index is 1.56. The van der Waals surface area contributed by atoms with Crippen molar-refractivity contribution in [3.63, 3.8) is 0 Å². The predicted octanol–water partition coefficient (Wildman–Crippen LogP) is 3.04. The number of primary amides is 1. The number of hydrogen-bond donors (Lipinski definition) is 3. The number of nitriles is 1. The molecule has 0 aliphatic carbocycles. The van der Waals surface area contributed by atoms with Gasteiger partial charge in [0, 0.05) is 11.3 Å². The second-order valence-corrected chi connectivity index (χ2v) is 7.51. The van der Waals surface area contributed by atoms with E-state index in [4.69, 9.17) is 11.0 Å². The van der Waals surface area contributed by atoms with Crippen molar-refractivity contribution in [2.45, 2.75) is 12.6 Å². The highest BCUT2D eigenvalue weighted by atomic mass is 16.3. The maximum Gasteiger partial charge on any atom is 0.284 e. The SMILES string of the molecule is N#Cc1cccc(C(=O)CNc2ccc3c(c2)nc(C(N)=O)n3C[C@H](O)c2ccccc2)c1. The lowest BCUT2D eigenvalue weighted by molar-refractivity contribution is 0.0977. The number of carbonyl (C=O) groups is 2. The summed E-state index contributed by atoms with van der Waals surface area (Å²) in [5.41, 5.74) is 8.89. The molecule has 164 valence electrons. The monoisotopic (exact) mass is 439 g/mol. The lowest BCUT2D eigenvalue weighted by Crippen LogP contribution is -2.20. The number of hydrogen-bond acceptors (Lipinski definition) is 6. The van der Waals surface area contributed by atoms with Crippen LogP contribution < -0.4 is 11.1 Å². The molecule has 3 aromatic carbocycles. The molecule has 0 aliphatic heterocycles. The molecule has 1 amide bonds. The van der Waals surface area contributed by atoms with Crippen LogP contribution in [0.5, 0.6) is 0 Å².